The SMILES string of the molecule is O=C1[C@H]2CC=CC[C@H]2C(=O)N1c1nc2n(n1)[C@H](c1ccc(F)cc1)C[C@@H](c1ccccc1)N2. The molecular weight excluding hydrogens is 421 g/mol. The molecule has 166 valence electrons. The number of hydrogen-bond acceptors (Lipinski definition) is 5. The van der Waals surface area contributed by atoms with Crippen LogP contribution in [0.1, 0.15) is 42.5 Å². The summed E-state index contributed by atoms with van der Waals surface area (Å²) in [6.45, 7) is 0. The number of anilines is 2. The van der Waals surface area contributed by atoms with Gasteiger partial charge in [-0.15, -0.1) is 5.10 Å². The van der Waals surface area contributed by atoms with Crippen molar-refractivity contribution in [3.05, 3.63) is 83.7 Å². The van der Waals surface area contributed by atoms with Gasteiger partial charge in [-0.05, 0) is 42.5 Å². The highest BCUT2D eigenvalue weighted by atomic mass is 19.1. The predicted octanol–water partition coefficient (Wildman–Crippen LogP) is 4.02. The lowest BCUT2D eigenvalue weighted by molar-refractivity contribution is -0.122. The van der Waals surface area contributed by atoms with Gasteiger partial charge in [0.2, 0.25) is 17.8 Å². The highest BCUT2D eigenvalue weighted by Crippen LogP contribution is 2.41. The highest BCUT2D eigenvalue weighted by molar-refractivity contribution is 6.21. The number of benzene rings is 2. The molecule has 1 aliphatic carbocycles. The number of nitrogens with zero attached hydrogens (tertiary/aromatic N) is 4. The molecule has 1 N–H and O–H groups in total. The third kappa shape index (κ3) is 3.25. The van der Waals surface area contributed by atoms with Gasteiger partial charge < -0.3 is 5.32 Å². The fraction of sp³-hybridized carbons (Fsp3) is 0.280. The molecule has 7 nitrogen and oxygen atoms in total. The molecule has 33 heavy (non-hydrogen) atoms. The first-order chi connectivity index (χ1) is 16.1. The fourth-order valence-corrected chi connectivity index (χ4v) is 5.12. The van der Waals surface area contributed by atoms with E-state index in [9.17, 15) is 14.0 Å². The van der Waals surface area contributed by atoms with Crippen molar-refractivity contribution in [2.75, 3.05) is 10.2 Å². The smallest absolute Gasteiger partial charge is 0.260 e. The second-order valence-corrected chi connectivity index (χ2v) is 8.76. The zero-order valence-corrected chi connectivity index (χ0v) is 17.8. The molecule has 3 aromatic rings. The average Bonchev–Trinajstić information content (AvgIpc) is 3.38. The molecule has 0 saturated carbocycles. The van der Waals surface area contributed by atoms with E-state index in [2.05, 4.69) is 15.4 Å². The van der Waals surface area contributed by atoms with Crippen LogP contribution in [-0.2, 0) is 9.59 Å². The molecule has 0 bridgehead atoms. The second-order valence-electron chi connectivity index (χ2n) is 8.76. The number of amides is 2. The Hall–Kier alpha value is -3.81. The van der Waals surface area contributed by atoms with Crippen molar-refractivity contribution >= 4 is 23.7 Å². The van der Waals surface area contributed by atoms with Crippen LogP contribution < -0.4 is 10.2 Å². The van der Waals surface area contributed by atoms with E-state index in [1.165, 1.54) is 12.1 Å². The van der Waals surface area contributed by atoms with Crippen molar-refractivity contribution in [1.82, 2.24) is 14.8 Å². The van der Waals surface area contributed by atoms with E-state index in [-0.39, 0.29) is 47.5 Å². The Labute approximate surface area is 189 Å². The van der Waals surface area contributed by atoms with E-state index in [1.807, 2.05) is 42.5 Å². The molecule has 2 aliphatic heterocycles. The molecule has 3 aliphatic rings. The fourth-order valence-electron chi connectivity index (χ4n) is 5.12. The van der Waals surface area contributed by atoms with E-state index in [4.69, 9.17) is 0 Å². The summed E-state index contributed by atoms with van der Waals surface area (Å²) in [5.41, 5.74) is 1.97. The van der Waals surface area contributed by atoms with Crippen LogP contribution in [0.4, 0.5) is 16.3 Å². The molecule has 2 aromatic carbocycles. The monoisotopic (exact) mass is 443 g/mol. The highest BCUT2D eigenvalue weighted by Gasteiger charge is 2.49. The molecule has 1 fully saturated rings. The van der Waals surface area contributed by atoms with E-state index in [0.29, 0.717) is 25.2 Å². The Kier molecular flexibility index (Phi) is 4.60. The third-order valence-corrected chi connectivity index (χ3v) is 6.84. The van der Waals surface area contributed by atoms with Crippen molar-refractivity contribution in [3.63, 3.8) is 0 Å². The minimum Gasteiger partial charge on any atom is -0.347 e. The summed E-state index contributed by atoms with van der Waals surface area (Å²) in [6.07, 6.45) is 5.69. The zero-order valence-electron chi connectivity index (χ0n) is 17.8. The number of halogens is 1. The quantitative estimate of drug-likeness (QED) is 0.489. The largest absolute Gasteiger partial charge is 0.347 e. The van der Waals surface area contributed by atoms with Gasteiger partial charge in [-0.3, -0.25) is 9.59 Å². The number of rotatable bonds is 3. The summed E-state index contributed by atoms with van der Waals surface area (Å²) in [4.78, 5) is 31.9. The number of hydrogen-bond donors (Lipinski definition) is 1. The van der Waals surface area contributed by atoms with E-state index >= 15 is 0 Å². The summed E-state index contributed by atoms with van der Waals surface area (Å²) in [5, 5.41) is 8.03. The Balaban J connectivity index is 1.41. The Morgan fingerprint density at radius 3 is 2.21 bits per heavy atom. The number of allylic oxidation sites excluding steroid dienone is 2. The van der Waals surface area contributed by atoms with E-state index < -0.39 is 0 Å². The lowest BCUT2D eigenvalue weighted by atomic mass is 9.85. The molecule has 1 saturated heterocycles. The predicted molar refractivity (Wildman–Crippen MR) is 120 cm³/mol. The van der Waals surface area contributed by atoms with Crippen LogP contribution in [0.25, 0.3) is 0 Å². The molecule has 2 amide bonds. The Morgan fingerprint density at radius 2 is 1.55 bits per heavy atom. The van der Waals surface area contributed by atoms with Crippen molar-refractivity contribution in [2.24, 2.45) is 11.8 Å². The maximum Gasteiger partial charge on any atom is 0.260 e. The van der Waals surface area contributed by atoms with Crippen LogP contribution in [0.15, 0.2) is 66.7 Å². The summed E-state index contributed by atoms with van der Waals surface area (Å²) in [6, 6.07) is 16.1. The molecule has 6 rings (SSSR count). The van der Waals surface area contributed by atoms with Crippen LogP contribution in [0.2, 0.25) is 0 Å². The van der Waals surface area contributed by atoms with Gasteiger partial charge >= 0.3 is 0 Å². The summed E-state index contributed by atoms with van der Waals surface area (Å²) in [5.74, 6) is -0.903. The van der Waals surface area contributed by atoms with Gasteiger partial charge in [-0.25, -0.2) is 14.0 Å². The molecule has 1 aromatic heterocycles. The minimum atomic E-state index is -0.346. The number of fused-ring (bicyclic) bond motifs is 2. The molecular formula is C25H22FN5O2. The number of aromatic nitrogens is 3. The van der Waals surface area contributed by atoms with Crippen molar-refractivity contribution in [2.45, 2.75) is 31.3 Å². The zero-order chi connectivity index (χ0) is 22.5. The van der Waals surface area contributed by atoms with Gasteiger partial charge in [0.15, 0.2) is 0 Å². The first kappa shape index (κ1) is 19.8. The van der Waals surface area contributed by atoms with E-state index in [0.717, 1.165) is 16.0 Å². The van der Waals surface area contributed by atoms with Crippen LogP contribution in [0.5, 0.6) is 0 Å². The minimum absolute atomic E-state index is 0.0532. The summed E-state index contributed by atoms with van der Waals surface area (Å²) >= 11 is 0. The van der Waals surface area contributed by atoms with Gasteiger partial charge in [-0.2, -0.15) is 4.98 Å². The number of carbonyl (C=O) groups is 2. The van der Waals surface area contributed by atoms with Crippen LogP contribution in [-0.4, -0.2) is 26.6 Å². The van der Waals surface area contributed by atoms with Crippen molar-refractivity contribution < 1.29 is 14.0 Å². The lowest BCUT2D eigenvalue weighted by Gasteiger charge is -2.31. The number of carbonyl (C=O) groups excluding carboxylic acids is 2. The molecule has 0 radical (unpaired) electrons. The maximum atomic E-state index is 13.6. The van der Waals surface area contributed by atoms with Gasteiger partial charge in [0.1, 0.15) is 5.82 Å². The summed E-state index contributed by atoms with van der Waals surface area (Å²) < 4.78 is 15.3. The van der Waals surface area contributed by atoms with Crippen LogP contribution >= 0.6 is 0 Å². The van der Waals surface area contributed by atoms with Gasteiger partial charge in [0.25, 0.3) is 5.95 Å². The molecule has 0 spiro atoms. The van der Waals surface area contributed by atoms with Crippen LogP contribution in [0, 0.1) is 17.7 Å². The first-order valence-electron chi connectivity index (χ1n) is 11.2. The second kappa shape index (κ2) is 7.65. The lowest BCUT2D eigenvalue weighted by Crippen LogP contribution is -2.32. The summed E-state index contributed by atoms with van der Waals surface area (Å²) in [7, 11) is 0. The van der Waals surface area contributed by atoms with E-state index in [1.54, 1.807) is 16.8 Å². The number of nitrogens with one attached hydrogen (secondary N) is 1. The maximum absolute atomic E-state index is 13.6. The molecule has 0 unspecified atom stereocenters. The standard InChI is InChI=1S/C25H22FN5O2/c26-17-12-10-16(11-13-17)21-14-20(15-6-2-1-3-7-15)27-24-28-25(29-31(21)24)30-22(32)18-8-4-5-9-19(18)23(30)33/h1-7,10-13,18-21H,8-9,14H2,(H,27,28,29)/t18-,19+,20-,21-/m0/s1. The first-order valence-corrected chi connectivity index (χ1v) is 11.2. The Bertz CT molecular complexity index is 1230. The van der Waals surface area contributed by atoms with Gasteiger partial charge in [0.05, 0.1) is 23.9 Å². The molecule has 8 heteroatoms. The van der Waals surface area contributed by atoms with Crippen molar-refractivity contribution in [1.29, 1.82) is 0 Å². The topological polar surface area (TPSA) is 80.1 Å². The van der Waals surface area contributed by atoms with Gasteiger partial charge in [-0.1, -0.05) is 54.6 Å². The number of imide groups is 1. The Morgan fingerprint density at radius 1 is 0.879 bits per heavy atom. The molecule has 4 atom stereocenters. The van der Waals surface area contributed by atoms with Crippen LogP contribution in [0.3, 0.4) is 0 Å². The normalized spacial score (nSPS) is 26.2. The average molecular weight is 443 g/mol. The third-order valence-electron chi connectivity index (χ3n) is 6.84. The van der Waals surface area contributed by atoms with Gasteiger partial charge in [0, 0.05) is 0 Å². The van der Waals surface area contributed by atoms with Crippen molar-refractivity contribution in [3.8, 4) is 0 Å². The molecule has 3 heterocycles.